The third kappa shape index (κ3) is 4.21. The van der Waals surface area contributed by atoms with E-state index in [2.05, 4.69) is 4.74 Å². The zero-order valence-corrected chi connectivity index (χ0v) is 11.0. The fourth-order valence-electron chi connectivity index (χ4n) is 1.61. The normalized spacial score (nSPS) is 11.1. The number of hydrogen-bond acceptors (Lipinski definition) is 1. The molecular formula is C13H6ClF7MgO. The molecule has 0 amide bonds. The molecule has 0 atom stereocenters. The average molecular weight is 371 g/mol. The molecule has 1 nitrogen and oxygen atoms in total. The maximum Gasteiger partial charge on any atom is 0.432 e. The van der Waals surface area contributed by atoms with Crippen LogP contribution >= 0.6 is 11.6 Å². The highest BCUT2D eigenvalue weighted by Crippen LogP contribution is 2.36. The standard InChI is InChI=1S/C13H4ClF7O.Mg.2H/c14-5-1-7(15)11(8(16)2-5)13(20,21)22-6-3-9(17)12(19)10(18)4-6;;;/h1-4H;;;. The van der Waals surface area contributed by atoms with E-state index in [1.165, 1.54) is 0 Å². The van der Waals surface area contributed by atoms with Gasteiger partial charge >= 0.3 is 29.2 Å². The summed E-state index contributed by atoms with van der Waals surface area (Å²) in [5.74, 6) is -10.1. The van der Waals surface area contributed by atoms with Crippen LogP contribution in [0.25, 0.3) is 0 Å². The van der Waals surface area contributed by atoms with Gasteiger partial charge in [-0.2, -0.15) is 8.78 Å². The van der Waals surface area contributed by atoms with Gasteiger partial charge in [-0.3, -0.25) is 0 Å². The lowest BCUT2D eigenvalue weighted by Gasteiger charge is -2.19. The second-order valence-electron chi connectivity index (χ2n) is 4.06. The van der Waals surface area contributed by atoms with Crippen LogP contribution in [-0.4, -0.2) is 23.1 Å². The van der Waals surface area contributed by atoms with Crippen molar-refractivity contribution in [3.05, 3.63) is 63.9 Å². The Morgan fingerprint density at radius 1 is 0.783 bits per heavy atom. The highest BCUT2D eigenvalue weighted by atomic mass is 35.5. The van der Waals surface area contributed by atoms with Crippen molar-refractivity contribution in [2.75, 3.05) is 0 Å². The molecule has 0 aliphatic rings. The Morgan fingerprint density at radius 2 is 1.22 bits per heavy atom. The summed E-state index contributed by atoms with van der Waals surface area (Å²) in [6, 6.07) is 1.03. The minimum Gasteiger partial charge on any atom is -0.429 e. The summed E-state index contributed by atoms with van der Waals surface area (Å²) in [7, 11) is 0. The first kappa shape index (κ1) is 19.9. The van der Waals surface area contributed by atoms with E-state index >= 15 is 0 Å². The molecule has 122 valence electrons. The van der Waals surface area contributed by atoms with E-state index in [1.54, 1.807) is 0 Å². The van der Waals surface area contributed by atoms with E-state index in [0.717, 1.165) is 0 Å². The summed E-state index contributed by atoms with van der Waals surface area (Å²) < 4.78 is 96.9. The lowest BCUT2D eigenvalue weighted by molar-refractivity contribution is -0.189. The molecule has 0 unspecified atom stereocenters. The third-order valence-electron chi connectivity index (χ3n) is 2.50. The van der Waals surface area contributed by atoms with E-state index in [4.69, 9.17) is 11.6 Å². The summed E-state index contributed by atoms with van der Waals surface area (Å²) in [4.78, 5) is 0. The average Bonchev–Trinajstić information content (AvgIpc) is 2.33. The molecule has 0 aromatic heterocycles. The number of hydrogen-bond donors (Lipinski definition) is 0. The molecule has 2 rings (SSSR count). The maximum absolute atomic E-state index is 13.8. The monoisotopic (exact) mass is 370 g/mol. The van der Waals surface area contributed by atoms with Crippen molar-refractivity contribution in [1.29, 1.82) is 0 Å². The van der Waals surface area contributed by atoms with Gasteiger partial charge in [-0.15, -0.1) is 0 Å². The van der Waals surface area contributed by atoms with Crippen molar-refractivity contribution in [1.82, 2.24) is 0 Å². The molecule has 0 spiro atoms. The van der Waals surface area contributed by atoms with Gasteiger partial charge in [0, 0.05) is 17.2 Å². The van der Waals surface area contributed by atoms with Gasteiger partial charge in [0.15, 0.2) is 17.5 Å². The second-order valence-corrected chi connectivity index (χ2v) is 4.50. The van der Waals surface area contributed by atoms with Crippen LogP contribution in [0.4, 0.5) is 30.7 Å². The predicted molar refractivity (Wildman–Crippen MR) is 70.7 cm³/mol. The summed E-state index contributed by atoms with van der Waals surface area (Å²) >= 11 is 5.28. The Labute approximate surface area is 146 Å². The number of rotatable bonds is 3. The second kappa shape index (κ2) is 7.14. The van der Waals surface area contributed by atoms with Gasteiger partial charge in [-0.25, -0.2) is 22.0 Å². The first-order chi connectivity index (χ1) is 10.1. The fraction of sp³-hybridized carbons (Fsp3) is 0.0769. The number of ether oxygens (including phenoxy) is 1. The number of alkyl halides is 2. The van der Waals surface area contributed by atoms with Crippen LogP contribution in [0.5, 0.6) is 5.75 Å². The van der Waals surface area contributed by atoms with Crippen molar-refractivity contribution < 1.29 is 35.5 Å². The molecule has 0 heterocycles. The summed E-state index contributed by atoms with van der Waals surface area (Å²) in [6.07, 6.45) is -4.62. The van der Waals surface area contributed by atoms with Gasteiger partial charge in [0.25, 0.3) is 0 Å². The highest BCUT2D eigenvalue weighted by molar-refractivity contribution is 6.30. The molecule has 0 aliphatic carbocycles. The lowest BCUT2D eigenvalue weighted by atomic mass is 10.2. The van der Waals surface area contributed by atoms with Crippen molar-refractivity contribution in [3.8, 4) is 5.75 Å². The van der Waals surface area contributed by atoms with E-state index in [1.807, 2.05) is 0 Å². The molecule has 0 saturated heterocycles. The van der Waals surface area contributed by atoms with Crippen molar-refractivity contribution in [2.24, 2.45) is 0 Å². The minimum atomic E-state index is -4.62. The lowest BCUT2D eigenvalue weighted by Crippen LogP contribution is -2.25. The van der Waals surface area contributed by atoms with Gasteiger partial charge in [-0.05, 0) is 12.1 Å². The molecule has 2 aromatic rings. The van der Waals surface area contributed by atoms with Crippen LogP contribution in [-0.2, 0) is 6.11 Å². The number of halogens is 8. The smallest absolute Gasteiger partial charge is 0.429 e. The molecule has 0 fully saturated rings. The molecular weight excluding hydrogens is 365 g/mol. The zero-order chi connectivity index (χ0) is 16.7. The molecule has 2 aromatic carbocycles. The van der Waals surface area contributed by atoms with Gasteiger partial charge in [0.2, 0.25) is 0 Å². The summed E-state index contributed by atoms with van der Waals surface area (Å²) in [5.41, 5.74) is -1.80. The molecule has 23 heavy (non-hydrogen) atoms. The van der Waals surface area contributed by atoms with Gasteiger partial charge in [-0.1, -0.05) is 11.6 Å². The van der Waals surface area contributed by atoms with Crippen LogP contribution < -0.4 is 4.74 Å². The molecule has 0 radical (unpaired) electrons. The van der Waals surface area contributed by atoms with Crippen LogP contribution in [0, 0.1) is 29.1 Å². The van der Waals surface area contributed by atoms with E-state index < -0.39 is 51.5 Å². The molecule has 0 aliphatic heterocycles. The first-order valence-electron chi connectivity index (χ1n) is 5.48. The van der Waals surface area contributed by atoms with Crippen LogP contribution in [0.3, 0.4) is 0 Å². The Hall–Kier alpha value is -1.19. The zero-order valence-electron chi connectivity index (χ0n) is 10.2. The summed E-state index contributed by atoms with van der Waals surface area (Å²) in [6.45, 7) is 0. The van der Waals surface area contributed by atoms with Gasteiger partial charge in [0.05, 0.1) is 0 Å². The Kier molecular flexibility index (Phi) is 6.16. The third-order valence-corrected chi connectivity index (χ3v) is 2.72. The van der Waals surface area contributed by atoms with Crippen LogP contribution in [0.15, 0.2) is 24.3 Å². The SMILES string of the molecule is Fc1cc(OC(F)(F)c2c(F)cc(Cl)cc2F)cc(F)c1F.[MgH2]. The van der Waals surface area contributed by atoms with E-state index in [9.17, 15) is 30.7 Å². The first-order valence-corrected chi connectivity index (χ1v) is 5.86. The van der Waals surface area contributed by atoms with Gasteiger partial charge < -0.3 is 4.74 Å². The van der Waals surface area contributed by atoms with E-state index in [0.29, 0.717) is 12.1 Å². The maximum atomic E-state index is 13.8. The van der Waals surface area contributed by atoms with Gasteiger partial charge in [0.1, 0.15) is 22.9 Å². The minimum absolute atomic E-state index is 0. The molecule has 10 heteroatoms. The van der Waals surface area contributed by atoms with Crippen molar-refractivity contribution in [3.63, 3.8) is 0 Å². The topological polar surface area (TPSA) is 9.23 Å². The summed E-state index contributed by atoms with van der Waals surface area (Å²) in [5, 5.41) is -0.478. The molecule has 0 N–H and O–H groups in total. The van der Waals surface area contributed by atoms with Crippen LogP contribution in [0.1, 0.15) is 5.56 Å². The molecule has 0 bridgehead atoms. The molecule has 0 saturated carbocycles. The van der Waals surface area contributed by atoms with E-state index in [-0.39, 0.29) is 35.2 Å². The highest BCUT2D eigenvalue weighted by Gasteiger charge is 2.41. The quantitative estimate of drug-likeness (QED) is 0.446. The fourth-order valence-corrected chi connectivity index (χ4v) is 1.80. The van der Waals surface area contributed by atoms with Crippen molar-refractivity contribution >= 4 is 34.7 Å². The Balaban J connectivity index is 0.00000264. The Morgan fingerprint density at radius 3 is 1.65 bits per heavy atom. The van der Waals surface area contributed by atoms with Crippen LogP contribution in [0.2, 0.25) is 5.02 Å². The predicted octanol–water partition coefficient (Wildman–Crippen LogP) is 4.25. The Bertz CT molecular complexity index is 692. The largest absolute Gasteiger partial charge is 0.432 e. The van der Waals surface area contributed by atoms with Crippen molar-refractivity contribution in [2.45, 2.75) is 6.11 Å². The number of benzene rings is 2.